The zero-order chi connectivity index (χ0) is 12.4. The quantitative estimate of drug-likeness (QED) is 0.814. The molecule has 0 aromatic heterocycles. The first kappa shape index (κ1) is 13.2. The largest absolute Gasteiger partial charge is 0.381 e. The van der Waals surface area contributed by atoms with Gasteiger partial charge in [-0.25, -0.2) is 0 Å². The van der Waals surface area contributed by atoms with Crippen molar-refractivity contribution in [2.24, 2.45) is 0 Å². The smallest absolute Gasteiger partial charge is 0.0519 e. The highest BCUT2D eigenvalue weighted by Crippen LogP contribution is 2.38. The Hall–Kier alpha value is -0.283. The second-order valence-electron chi connectivity index (χ2n) is 5.15. The molecule has 0 radical (unpaired) electrons. The molecule has 0 saturated carbocycles. The second-order valence-corrected chi connectivity index (χ2v) is 10.0. The van der Waals surface area contributed by atoms with Gasteiger partial charge in [-0.15, -0.1) is 0 Å². The fraction of sp³-hybridized carbons (Fsp3) is 0.571. The van der Waals surface area contributed by atoms with Gasteiger partial charge in [-0.05, 0) is 46.4 Å². The number of hydrogen-bond donors (Lipinski definition) is 1. The molecule has 94 valence electrons. The summed E-state index contributed by atoms with van der Waals surface area (Å²) in [4.78, 5) is 0. The Morgan fingerprint density at radius 2 is 2.06 bits per heavy atom. The third-order valence-electron chi connectivity index (χ3n) is 4.22. The van der Waals surface area contributed by atoms with Crippen molar-refractivity contribution in [3.8, 4) is 0 Å². The Morgan fingerprint density at radius 3 is 2.71 bits per heavy atom. The van der Waals surface area contributed by atoms with Gasteiger partial charge < -0.3 is 5.32 Å². The Kier molecular flexibility index (Phi) is 4.31. The van der Waals surface area contributed by atoms with Gasteiger partial charge in [0.1, 0.15) is 0 Å². The van der Waals surface area contributed by atoms with Gasteiger partial charge >= 0.3 is 0 Å². The summed E-state index contributed by atoms with van der Waals surface area (Å²) in [6.07, 6.45) is 1.28. The van der Waals surface area contributed by atoms with Crippen molar-refractivity contribution >= 4 is 30.4 Å². The normalized spacial score (nSPS) is 23.4. The molecular weight excluding hydrogens is 290 g/mol. The number of rotatable bonds is 3. The lowest BCUT2D eigenvalue weighted by molar-refractivity contribution is 0.659. The van der Waals surface area contributed by atoms with Gasteiger partial charge in [-0.2, -0.15) is 0 Å². The van der Waals surface area contributed by atoms with Crippen LogP contribution in [0.3, 0.4) is 0 Å². The number of anilines is 1. The standard InChI is InChI=1S/C14H22BrNSi/c1-4-17(5-2)13-9-11-7-6-8-12(15)14(11)16-10(13)3/h6-8,10,13,16-17H,4-5,9H2,1-3H3. The van der Waals surface area contributed by atoms with E-state index in [0.717, 1.165) is 5.54 Å². The fourth-order valence-electron chi connectivity index (χ4n) is 3.14. The third-order valence-corrected chi connectivity index (χ3v) is 9.01. The number of fused-ring (bicyclic) bond motifs is 1. The molecule has 1 heterocycles. The topological polar surface area (TPSA) is 12.0 Å². The Labute approximate surface area is 115 Å². The van der Waals surface area contributed by atoms with Gasteiger partial charge in [0, 0.05) is 19.3 Å². The van der Waals surface area contributed by atoms with Gasteiger partial charge in [0.05, 0.1) is 5.69 Å². The van der Waals surface area contributed by atoms with Crippen molar-refractivity contribution in [2.45, 2.75) is 50.9 Å². The molecule has 0 saturated heterocycles. The highest BCUT2D eigenvalue weighted by Gasteiger charge is 2.30. The number of hydrogen-bond acceptors (Lipinski definition) is 1. The van der Waals surface area contributed by atoms with E-state index in [1.165, 1.54) is 34.2 Å². The maximum atomic E-state index is 3.72. The Bertz CT molecular complexity index is 390. The van der Waals surface area contributed by atoms with Crippen LogP contribution in [0.25, 0.3) is 0 Å². The van der Waals surface area contributed by atoms with Gasteiger partial charge in [-0.3, -0.25) is 0 Å². The van der Waals surface area contributed by atoms with Gasteiger partial charge in [-0.1, -0.05) is 38.1 Å². The number of nitrogens with one attached hydrogen (secondary N) is 1. The van der Waals surface area contributed by atoms with Crippen molar-refractivity contribution in [3.05, 3.63) is 28.2 Å². The molecule has 0 amide bonds. The summed E-state index contributed by atoms with van der Waals surface area (Å²) in [5, 5.41) is 3.72. The average molecular weight is 312 g/mol. The van der Waals surface area contributed by atoms with E-state index in [-0.39, 0.29) is 0 Å². The van der Waals surface area contributed by atoms with E-state index in [4.69, 9.17) is 0 Å². The summed E-state index contributed by atoms with van der Waals surface area (Å²) in [5.74, 6) is 0. The molecule has 0 bridgehead atoms. The van der Waals surface area contributed by atoms with Gasteiger partial charge in [0.25, 0.3) is 0 Å². The minimum absolute atomic E-state index is 0.584. The first-order valence-electron chi connectivity index (χ1n) is 6.71. The van der Waals surface area contributed by atoms with Crippen molar-refractivity contribution in [1.82, 2.24) is 0 Å². The fourth-order valence-corrected chi connectivity index (χ4v) is 6.95. The van der Waals surface area contributed by atoms with Crippen LogP contribution in [-0.4, -0.2) is 14.8 Å². The van der Waals surface area contributed by atoms with Crippen molar-refractivity contribution in [3.63, 3.8) is 0 Å². The lowest BCUT2D eigenvalue weighted by atomic mass is 9.98. The van der Waals surface area contributed by atoms with E-state index >= 15 is 0 Å². The molecule has 1 N–H and O–H groups in total. The number of para-hydroxylation sites is 1. The highest BCUT2D eigenvalue weighted by atomic mass is 79.9. The van der Waals surface area contributed by atoms with Crippen LogP contribution in [-0.2, 0) is 6.42 Å². The summed E-state index contributed by atoms with van der Waals surface area (Å²) in [5.41, 5.74) is 3.74. The monoisotopic (exact) mass is 311 g/mol. The van der Waals surface area contributed by atoms with Crippen LogP contribution in [0.1, 0.15) is 26.3 Å². The minimum atomic E-state index is -0.584. The molecule has 1 aliphatic rings. The van der Waals surface area contributed by atoms with Gasteiger partial charge in [0.15, 0.2) is 0 Å². The zero-order valence-corrected chi connectivity index (χ0v) is 13.7. The Balaban J connectivity index is 2.27. The third kappa shape index (κ3) is 2.60. The van der Waals surface area contributed by atoms with Crippen LogP contribution in [0.4, 0.5) is 5.69 Å². The molecule has 1 aromatic rings. The first-order chi connectivity index (χ1) is 8.17. The molecule has 0 fully saturated rings. The van der Waals surface area contributed by atoms with Crippen molar-refractivity contribution in [2.75, 3.05) is 5.32 Å². The molecule has 1 nitrogen and oxygen atoms in total. The van der Waals surface area contributed by atoms with Crippen LogP contribution >= 0.6 is 15.9 Å². The van der Waals surface area contributed by atoms with Crippen LogP contribution in [0.15, 0.2) is 22.7 Å². The van der Waals surface area contributed by atoms with E-state index in [2.05, 4.69) is 60.2 Å². The lowest BCUT2D eigenvalue weighted by Crippen LogP contribution is -2.37. The summed E-state index contributed by atoms with van der Waals surface area (Å²) in [6, 6.07) is 10.1. The maximum absolute atomic E-state index is 3.72. The van der Waals surface area contributed by atoms with Gasteiger partial charge in [0.2, 0.25) is 0 Å². The SMILES string of the molecule is CC[SiH](CC)C1Cc2cccc(Br)c2NC1C. The number of halogens is 1. The second kappa shape index (κ2) is 5.57. The molecule has 2 atom stereocenters. The van der Waals surface area contributed by atoms with Crippen LogP contribution in [0.2, 0.25) is 17.6 Å². The highest BCUT2D eigenvalue weighted by molar-refractivity contribution is 9.10. The van der Waals surface area contributed by atoms with E-state index in [1.807, 2.05) is 0 Å². The molecule has 0 aliphatic carbocycles. The molecule has 2 rings (SSSR count). The van der Waals surface area contributed by atoms with Crippen molar-refractivity contribution in [1.29, 1.82) is 0 Å². The van der Waals surface area contributed by atoms with E-state index < -0.39 is 8.80 Å². The molecule has 3 heteroatoms. The van der Waals surface area contributed by atoms with E-state index in [9.17, 15) is 0 Å². The van der Waals surface area contributed by atoms with Crippen LogP contribution < -0.4 is 5.32 Å². The zero-order valence-electron chi connectivity index (χ0n) is 11.0. The predicted molar refractivity (Wildman–Crippen MR) is 82.8 cm³/mol. The van der Waals surface area contributed by atoms with E-state index in [0.29, 0.717) is 6.04 Å². The van der Waals surface area contributed by atoms with Crippen LogP contribution in [0.5, 0.6) is 0 Å². The lowest BCUT2D eigenvalue weighted by Gasteiger charge is -2.37. The molecule has 2 unspecified atom stereocenters. The van der Waals surface area contributed by atoms with Crippen molar-refractivity contribution < 1.29 is 0 Å². The Morgan fingerprint density at radius 1 is 1.35 bits per heavy atom. The summed E-state index contributed by atoms with van der Waals surface area (Å²) >= 11 is 3.65. The maximum Gasteiger partial charge on any atom is 0.0519 e. The average Bonchev–Trinajstić information content (AvgIpc) is 2.33. The molecule has 1 aromatic carbocycles. The molecule has 0 spiro atoms. The summed E-state index contributed by atoms with van der Waals surface area (Å²) < 4.78 is 1.21. The molecular formula is C14H22BrNSi. The summed E-state index contributed by atoms with van der Waals surface area (Å²) in [7, 11) is -0.584. The minimum Gasteiger partial charge on any atom is -0.381 e. The predicted octanol–water partition coefficient (Wildman–Crippen LogP) is 4.44. The summed E-state index contributed by atoms with van der Waals surface area (Å²) in [6.45, 7) is 7.12. The molecule has 1 aliphatic heterocycles. The van der Waals surface area contributed by atoms with E-state index in [1.54, 1.807) is 0 Å². The van der Waals surface area contributed by atoms with Crippen LogP contribution in [0, 0.1) is 0 Å². The molecule has 17 heavy (non-hydrogen) atoms. The number of benzene rings is 1. The first-order valence-corrected chi connectivity index (χ1v) is 9.80.